The summed E-state index contributed by atoms with van der Waals surface area (Å²) in [5.41, 5.74) is 0.412. The van der Waals surface area contributed by atoms with Crippen LogP contribution in [0.15, 0.2) is 30.3 Å². The van der Waals surface area contributed by atoms with Crippen molar-refractivity contribution in [3.05, 3.63) is 35.9 Å². The number of rotatable bonds is 45. The molecule has 31 heteroatoms. The van der Waals surface area contributed by atoms with Gasteiger partial charge in [-0.2, -0.15) is 0 Å². The summed E-state index contributed by atoms with van der Waals surface area (Å²) in [4.78, 5) is 164. The Morgan fingerprint density at radius 1 is 0.388 bits per heavy atom. The number of ketones is 1. The summed E-state index contributed by atoms with van der Waals surface area (Å²) in [5.74, 6) is -10.1. The number of Topliss-reactive ketones (excluding diaryl/α,β-unsaturated/α-hetero) is 1. The van der Waals surface area contributed by atoms with Crippen molar-refractivity contribution in [2.75, 3.05) is 26.4 Å². The van der Waals surface area contributed by atoms with E-state index in [1.54, 1.807) is 30.3 Å². The van der Waals surface area contributed by atoms with Crippen molar-refractivity contribution in [2.24, 2.45) is 0 Å². The van der Waals surface area contributed by atoms with Crippen LogP contribution in [0, 0.1) is 0 Å². The smallest absolute Gasteiger partial charge is 0.347 e. The molecule has 0 amide bonds. The fourth-order valence-electron chi connectivity index (χ4n) is 12.2. The summed E-state index contributed by atoms with van der Waals surface area (Å²) in [5, 5.41) is 0. The molecule has 103 heavy (non-hydrogen) atoms. The van der Waals surface area contributed by atoms with Crippen LogP contribution in [0.5, 0.6) is 0 Å². The highest BCUT2D eigenvalue weighted by Crippen LogP contribution is 2.37. The van der Waals surface area contributed by atoms with E-state index in [-0.39, 0.29) is 18.6 Å². The third-order valence-corrected chi connectivity index (χ3v) is 16.5. The predicted octanol–water partition coefficient (Wildman–Crippen LogP) is 7.71. The second-order valence-electron chi connectivity index (χ2n) is 25.6. The van der Waals surface area contributed by atoms with Crippen LogP contribution in [-0.2, 0) is 143 Å². The first kappa shape index (κ1) is 87.7. The molecule has 0 radical (unpaired) electrons. The first-order valence-electron chi connectivity index (χ1n) is 35.4. The molecule has 0 bridgehead atoms. The Bertz CT molecular complexity index is 2880. The second-order valence-corrected chi connectivity index (χ2v) is 25.6. The van der Waals surface area contributed by atoms with E-state index in [1.165, 1.54) is 20.8 Å². The van der Waals surface area contributed by atoms with Gasteiger partial charge in [-0.25, -0.2) is 4.79 Å². The molecule has 3 fully saturated rings. The average molecular weight is 1470 g/mol. The highest BCUT2D eigenvalue weighted by Gasteiger charge is 2.58. The lowest BCUT2D eigenvalue weighted by atomic mass is 9.97. The molecular formula is C72H106O31. The Labute approximate surface area is 601 Å². The van der Waals surface area contributed by atoms with Crippen LogP contribution in [0.1, 0.15) is 222 Å². The molecule has 580 valence electrons. The lowest BCUT2D eigenvalue weighted by molar-refractivity contribution is -0.381. The second kappa shape index (κ2) is 46.9. The average Bonchev–Trinajstić information content (AvgIpc) is 0.770. The Morgan fingerprint density at radius 2 is 0.806 bits per heavy atom. The molecule has 4 rings (SSSR count). The molecule has 0 aliphatic carbocycles. The number of carbonyl (C=O) groups is 13. The number of ether oxygens (including phenoxy) is 18. The van der Waals surface area contributed by atoms with E-state index in [4.69, 9.17) is 85.3 Å². The van der Waals surface area contributed by atoms with Gasteiger partial charge < -0.3 is 85.3 Å². The highest BCUT2D eigenvalue weighted by atomic mass is 16.8. The van der Waals surface area contributed by atoms with Crippen molar-refractivity contribution in [2.45, 2.75) is 316 Å². The topological polar surface area (TPSA) is 388 Å². The van der Waals surface area contributed by atoms with Gasteiger partial charge in [0.05, 0.1) is 19.3 Å². The lowest BCUT2D eigenvalue weighted by Crippen LogP contribution is -2.67. The summed E-state index contributed by atoms with van der Waals surface area (Å²) >= 11 is 0. The maximum atomic E-state index is 13.1. The third-order valence-electron chi connectivity index (χ3n) is 16.5. The molecule has 17 unspecified atom stereocenters. The van der Waals surface area contributed by atoms with Gasteiger partial charge in [-0.3, -0.25) is 57.5 Å². The van der Waals surface area contributed by atoms with Crippen LogP contribution in [0.2, 0.25) is 0 Å². The zero-order valence-electron chi connectivity index (χ0n) is 61.3. The Kier molecular flexibility index (Phi) is 39.9. The molecule has 0 saturated carbocycles. The van der Waals surface area contributed by atoms with Crippen molar-refractivity contribution in [1.82, 2.24) is 0 Å². The van der Waals surface area contributed by atoms with Gasteiger partial charge in [-0.1, -0.05) is 114 Å². The van der Waals surface area contributed by atoms with Gasteiger partial charge in [0.1, 0.15) is 24.9 Å². The molecule has 3 aliphatic heterocycles. The number of carbonyl (C=O) groups excluding carboxylic acids is 13. The van der Waals surface area contributed by atoms with Crippen molar-refractivity contribution in [3.63, 3.8) is 0 Å². The van der Waals surface area contributed by atoms with E-state index in [1.807, 2.05) is 6.92 Å². The molecule has 0 aromatic heterocycles. The number of hydrogen-bond donors (Lipinski definition) is 0. The molecule has 0 spiro atoms. The van der Waals surface area contributed by atoms with Gasteiger partial charge in [-0.15, -0.1) is 0 Å². The maximum absolute atomic E-state index is 13.1. The zero-order valence-corrected chi connectivity index (χ0v) is 61.3. The molecule has 3 saturated heterocycles. The fourth-order valence-corrected chi connectivity index (χ4v) is 12.2. The molecule has 1 aromatic rings. The summed E-state index contributed by atoms with van der Waals surface area (Å²) < 4.78 is 106. The quantitative estimate of drug-likeness (QED) is 0.0261. The summed E-state index contributed by atoms with van der Waals surface area (Å²) in [6.07, 6.45) is -11.1. The van der Waals surface area contributed by atoms with Crippen LogP contribution in [0.4, 0.5) is 0 Å². The van der Waals surface area contributed by atoms with E-state index in [9.17, 15) is 62.3 Å². The summed E-state index contributed by atoms with van der Waals surface area (Å²) in [6.45, 7) is 12.0. The van der Waals surface area contributed by atoms with Crippen LogP contribution in [-0.4, -0.2) is 208 Å². The fraction of sp³-hybridized carbons (Fsp3) is 0.736. The number of hydrogen-bond acceptors (Lipinski definition) is 31. The highest BCUT2D eigenvalue weighted by molar-refractivity contribution is 5.98. The van der Waals surface area contributed by atoms with Crippen molar-refractivity contribution >= 4 is 77.4 Å². The van der Waals surface area contributed by atoms with E-state index in [2.05, 4.69) is 0 Å². The van der Waals surface area contributed by atoms with E-state index < -0.39 is 202 Å². The van der Waals surface area contributed by atoms with Crippen LogP contribution < -0.4 is 0 Å². The molecule has 3 heterocycles. The molecular weight excluding hydrogens is 1360 g/mol. The van der Waals surface area contributed by atoms with E-state index in [0.717, 1.165) is 120 Å². The maximum Gasteiger partial charge on any atom is 0.347 e. The standard InChI is InChI=1S/C72H106O31/c1-13-14-33-54(34-30-37-57(91-44(4)75)56(90-43(3)74)35-28-23-21-19-17-15-16-18-20-22-24-29-36-58(92-45(5)76)69(85)87-38-55(84)53-31-26-25-27-32-53)100-70-66(63(96-49(9)80)59(40-88-70)93-46(6)77)102-71-67(64(97-50(10)81)60(41-89-71)94-47(7)78)103-72-68(99-52(12)83)65(98-51(11)82)62(95-48(8)79)61(101-72)39-86-42(2)73/h25-27,31-32,54,56-68,70-72H,13-24,28-30,33-41H2,1-12H3. The van der Waals surface area contributed by atoms with Gasteiger partial charge in [0.25, 0.3) is 0 Å². The van der Waals surface area contributed by atoms with Gasteiger partial charge in [0, 0.05) is 81.7 Å². The monoisotopic (exact) mass is 1470 g/mol. The molecule has 0 N–H and O–H groups in total. The first-order chi connectivity index (χ1) is 49.0. The molecule has 1 aromatic carbocycles. The minimum absolute atomic E-state index is 0.219. The van der Waals surface area contributed by atoms with Crippen LogP contribution in [0.3, 0.4) is 0 Å². The summed E-state index contributed by atoms with van der Waals surface area (Å²) in [7, 11) is 0. The first-order valence-corrected chi connectivity index (χ1v) is 35.4. The largest absolute Gasteiger partial charge is 0.463 e. The Hall–Kier alpha value is -7.71. The van der Waals surface area contributed by atoms with Crippen molar-refractivity contribution < 1.29 is 148 Å². The number of benzene rings is 1. The van der Waals surface area contributed by atoms with Gasteiger partial charge in [0.15, 0.2) is 92.3 Å². The van der Waals surface area contributed by atoms with E-state index in [0.29, 0.717) is 56.9 Å². The molecule has 3 aliphatic rings. The lowest BCUT2D eigenvalue weighted by Gasteiger charge is -2.48. The summed E-state index contributed by atoms with van der Waals surface area (Å²) in [6, 6.07) is 8.45. The van der Waals surface area contributed by atoms with Gasteiger partial charge in [0.2, 0.25) is 0 Å². The Balaban J connectivity index is 1.50. The normalized spacial score (nSPS) is 24.2. The van der Waals surface area contributed by atoms with Crippen LogP contribution in [0.25, 0.3) is 0 Å². The minimum Gasteiger partial charge on any atom is -0.463 e. The number of esters is 12. The van der Waals surface area contributed by atoms with Crippen LogP contribution >= 0.6 is 0 Å². The minimum atomic E-state index is -1.99. The molecule has 17 atom stereocenters. The SMILES string of the molecule is CCCCC(CCCC(OC(C)=O)C(CCCCCCCCCCCCCCC(OC(C)=O)C(=O)OCC(=O)c1ccccc1)OC(C)=O)OC1OCC(OC(C)=O)C(OC(C)=O)C1OC1OCC(OC(C)=O)C(OC(C)=O)C1OC1OC(COC(C)=O)C(OC(C)=O)C(OC(C)=O)C1OC(C)=O. The zero-order chi connectivity index (χ0) is 76.1. The van der Waals surface area contributed by atoms with E-state index >= 15 is 0 Å². The third kappa shape index (κ3) is 33.3. The van der Waals surface area contributed by atoms with Crippen molar-refractivity contribution in [1.29, 1.82) is 0 Å². The van der Waals surface area contributed by atoms with Crippen molar-refractivity contribution in [3.8, 4) is 0 Å². The molecule has 31 nitrogen and oxygen atoms in total. The number of unbranched alkanes of at least 4 members (excludes halogenated alkanes) is 12. The Morgan fingerprint density at radius 3 is 1.28 bits per heavy atom. The van der Waals surface area contributed by atoms with Gasteiger partial charge >= 0.3 is 71.6 Å². The predicted molar refractivity (Wildman–Crippen MR) is 355 cm³/mol. The van der Waals surface area contributed by atoms with Gasteiger partial charge in [-0.05, 0) is 51.4 Å².